The second-order valence-electron chi connectivity index (χ2n) is 5.98. The van der Waals surface area contributed by atoms with E-state index in [0.29, 0.717) is 22.5 Å². The van der Waals surface area contributed by atoms with E-state index in [1.54, 1.807) is 18.2 Å². The average molecular weight is 376 g/mol. The third-order valence-corrected chi connectivity index (χ3v) is 6.26. The van der Waals surface area contributed by atoms with Gasteiger partial charge in [0, 0.05) is 18.2 Å². The highest BCUT2D eigenvalue weighted by Crippen LogP contribution is 2.39. The van der Waals surface area contributed by atoms with E-state index >= 15 is 0 Å². The molecule has 2 N–H and O–H groups in total. The van der Waals surface area contributed by atoms with Crippen LogP contribution in [0.25, 0.3) is 11.1 Å². The summed E-state index contributed by atoms with van der Waals surface area (Å²) in [5.41, 5.74) is 1.49. The lowest BCUT2D eigenvalue weighted by molar-refractivity contribution is 0.166. The minimum Gasteiger partial charge on any atom is -0.497 e. The number of aromatic amines is 1. The molecule has 1 aliphatic rings. The van der Waals surface area contributed by atoms with Crippen LogP contribution in [0, 0.1) is 0 Å². The molecule has 4 rings (SSSR count). The zero-order valence-corrected chi connectivity index (χ0v) is 14.6. The molecule has 1 aromatic heterocycles. The van der Waals surface area contributed by atoms with Crippen molar-refractivity contribution in [2.45, 2.75) is 17.4 Å². The van der Waals surface area contributed by atoms with Crippen molar-refractivity contribution in [2.24, 2.45) is 0 Å². The lowest BCUT2D eigenvalue weighted by atomic mass is 10.0. The van der Waals surface area contributed by atoms with Crippen LogP contribution in [0.15, 0.2) is 50.5 Å². The third kappa shape index (κ3) is 2.56. The number of rotatable bonds is 3. The monoisotopic (exact) mass is 376 g/mol. The maximum atomic E-state index is 13.1. The minimum atomic E-state index is -3.90. The standard InChI is InChI=1S/C17H16N2O6S/c1-24-10-2-5-14-12(8-10)15(20)6-7-19(14)26(22,23)11-3-4-13-16(9-11)25-17(21)18-13/h2-5,8-9,15,20H,6-7H2,1H3,(H,18,21). The fraction of sp³-hybridized carbons (Fsp3) is 0.235. The number of aliphatic hydroxyl groups excluding tert-OH is 1. The number of sulfonamides is 1. The Morgan fingerprint density at radius 3 is 2.85 bits per heavy atom. The summed E-state index contributed by atoms with van der Waals surface area (Å²) >= 11 is 0. The number of H-pyrrole nitrogens is 1. The van der Waals surface area contributed by atoms with E-state index in [4.69, 9.17) is 9.15 Å². The van der Waals surface area contributed by atoms with Gasteiger partial charge in [0.15, 0.2) is 5.58 Å². The molecule has 0 saturated carbocycles. The topological polar surface area (TPSA) is 113 Å². The van der Waals surface area contributed by atoms with Crippen molar-refractivity contribution in [3.63, 3.8) is 0 Å². The van der Waals surface area contributed by atoms with Crippen molar-refractivity contribution >= 4 is 26.8 Å². The molecule has 0 spiro atoms. The predicted octanol–water partition coefficient (Wildman–Crippen LogP) is 1.76. The molecule has 2 heterocycles. The van der Waals surface area contributed by atoms with E-state index in [1.807, 2.05) is 0 Å². The molecule has 0 radical (unpaired) electrons. The Hall–Kier alpha value is -2.78. The fourth-order valence-electron chi connectivity index (χ4n) is 3.13. The minimum absolute atomic E-state index is 0.00547. The number of nitrogens with zero attached hydrogens (tertiary/aromatic N) is 1. The molecule has 0 fully saturated rings. The number of fused-ring (bicyclic) bond motifs is 2. The zero-order chi connectivity index (χ0) is 18.5. The Balaban J connectivity index is 1.83. The Morgan fingerprint density at radius 1 is 1.27 bits per heavy atom. The van der Waals surface area contributed by atoms with Crippen molar-refractivity contribution in [2.75, 3.05) is 18.0 Å². The van der Waals surface area contributed by atoms with Gasteiger partial charge in [0.2, 0.25) is 0 Å². The molecule has 136 valence electrons. The molecular weight excluding hydrogens is 360 g/mol. The van der Waals surface area contributed by atoms with Gasteiger partial charge in [0.1, 0.15) is 5.75 Å². The Bertz CT molecular complexity index is 1150. The molecule has 0 amide bonds. The van der Waals surface area contributed by atoms with E-state index in [0.717, 1.165) is 0 Å². The molecule has 0 bridgehead atoms. The first-order chi connectivity index (χ1) is 12.4. The Kier molecular flexibility index (Phi) is 3.78. The van der Waals surface area contributed by atoms with Crippen LogP contribution in [0.5, 0.6) is 5.75 Å². The van der Waals surface area contributed by atoms with Crippen LogP contribution in [0.2, 0.25) is 0 Å². The van der Waals surface area contributed by atoms with E-state index in [2.05, 4.69) is 4.98 Å². The van der Waals surface area contributed by atoms with Crippen LogP contribution >= 0.6 is 0 Å². The first-order valence-corrected chi connectivity index (χ1v) is 9.36. The number of anilines is 1. The third-order valence-electron chi connectivity index (χ3n) is 4.45. The summed E-state index contributed by atoms with van der Waals surface area (Å²) in [4.78, 5) is 13.8. The molecule has 1 atom stereocenters. The smallest absolute Gasteiger partial charge is 0.417 e. The largest absolute Gasteiger partial charge is 0.497 e. The van der Waals surface area contributed by atoms with Gasteiger partial charge in [0.25, 0.3) is 10.0 Å². The molecule has 26 heavy (non-hydrogen) atoms. The molecule has 9 heteroatoms. The van der Waals surface area contributed by atoms with Gasteiger partial charge in [-0.1, -0.05) is 0 Å². The van der Waals surface area contributed by atoms with Gasteiger partial charge in [-0.3, -0.25) is 9.29 Å². The maximum absolute atomic E-state index is 13.1. The second kappa shape index (κ2) is 5.89. The lowest BCUT2D eigenvalue weighted by Gasteiger charge is -2.33. The van der Waals surface area contributed by atoms with Gasteiger partial charge in [-0.15, -0.1) is 0 Å². The Labute approximate surface area is 148 Å². The summed E-state index contributed by atoms with van der Waals surface area (Å²) in [5.74, 6) is -0.106. The van der Waals surface area contributed by atoms with Gasteiger partial charge in [-0.05, 0) is 36.8 Å². The van der Waals surface area contributed by atoms with E-state index < -0.39 is 21.9 Å². The fourth-order valence-corrected chi connectivity index (χ4v) is 4.65. The highest BCUT2D eigenvalue weighted by Gasteiger charge is 2.33. The summed E-state index contributed by atoms with van der Waals surface area (Å²) in [6.07, 6.45) is -0.502. The maximum Gasteiger partial charge on any atom is 0.417 e. The van der Waals surface area contributed by atoms with Gasteiger partial charge >= 0.3 is 5.76 Å². The van der Waals surface area contributed by atoms with Crippen LogP contribution in [0.3, 0.4) is 0 Å². The van der Waals surface area contributed by atoms with Crippen LogP contribution in [0.4, 0.5) is 5.69 Å². The molecule has 8 nitrogen and oxygen atoms in total. The highest BCUT2D eigenvalue weighted by atomic mass is 32.2. The quantitative estimate of drug-likeness (QED) is 0.720. The predicted molar refractivity (Wildman–Crippen MR) is 93.9 cm³/mol. The van der Waals surface area contributed by atoms with E-state index in [1.165, 1.54) is 29.6 Å². The lowest BCUT2D eigenvalue weighted by Crippen LogP contribution is -2.36. The number of aliphatic hydroxyl groups is 1. The SMILES string of the molecule is COc1ccc2c(c1)C(O)CCN2S(=O)(=O)c1ccc2[nH]c(=O)oc2c1. The number of hydrogen-bond donors (Lipinski definition) is 2. The summed E-state index contributed by atoms with van der Waals surface area (Å²) < 4.78 is 37.7. The zero-order valence-electron chi connectivity index (χ0n) is 13.8. The van der Waals surface area contributed by atoms with E-state index in [-0.39, 0.29) is 23.4 Å². The Morgan fingerprint density at radius 2 is 2.08 bits per heavy atom. The molecule has 3 aromatic rings. The molecular formula is C17H16N2O6S. The van der Waals surface area contributed by atoms with Crippen LogP contribution < -0.4 is 14.8 Å². The summed E-state index contributed by atoms with van der Waals surface area (Å²) in [7, 11) is -2.39. The number of aromatic nitrogens is 1. The highest BCUT2D eigenvalue weighted by molar-refractivity contribution is 7.92. The van der Waals surface area contributed by atoms with Crippen molar-refractivity contribution in [1.82, 2.24) is 4.98 Å². The number of ether oxygens (including phenoxy) is 1. The van der Waals surface area contributed by atoms with Gasteiger partial charge in [0.05, 0.1) is 29.3 Å². The van der Waals surface area contributed by atoms with E-state index in [9.17, 15) is 18.3 Å². The first kappa shape index (κ1) is 16.7. The summed E-state index contributed by atoms with van der Waals surface area (Å²) in [6, 6.07) is 9.11. The van der Waals surface area contributed by atoms with Crippen LogP contribution in [0.1, 0.15) is 18.1 Å². The molecule has 2 aromatic carbocycles. The molecule has 1 aliphatic heterocycles. The van der Waals surface area contributed by atoms with Crippen molar-refractivity contribution in [3.05, 3.63) is 52.5 Å². The van der Waals surface area contributed by atoms with Gasteiger partial charge < -0.3 is 14.3 Å². The first-order valence-electron chi connectivity index (χ1n) is 7.92. The normalized spacial score (nSPS) is 17.3. The second-order valence-corrected chi connectivity index (χ2v) is 7.84. The molecule has 1 unspecified atom stereocenters. The molecule has 0 saturated heterocycles. The van der Waals surface area contributed by atoms with Crippen molar-refractivity contribution in [3.8, 4) is 5.75 Å². The average Bonchev–Trinajstić information content (AvgIpc) is 3.00. The van der Waals surface area contributed by atoms with Crippen molar-refractivity contribution < 1.29 is 22.7 Å². The number of methoxy groups -OCH3 is 1. The number of nitrogens with one attached hydrogen (secondary N) is 1. The summed E-state index contributed by atoms with van der Waals surface area (Å²) in [5, 5.41) is 10.2. The van der Waals surface area contributed by atoms with Crippen LogP contribution in [-0.2, 0) is 10.0 Å². The van der Waals surface area contributed by atoms with Gasteiger partial charge in [-0.2, -0.15) is 0 Å². The van der Waals surface area contributed by atoms with Crippen molar-refractivity contribution in [1.29, 1.82) is 0 Å². The molecule has 0 aliphatic carbocycles. The summed E-state index contributed by atoms with van der Waals surface area (Å²) in [6.45, 7) is 0.137. The number of hydrogen-bond acceptors (Lipinski definition) is 6. The van der Waals surface area contributed by atoms with Crippen LogP contribution in [-0.4, -0.2) is 32.2 Å². The number of oxazole rings is 1. The van der Waals surface area contributed by atoms with Gasteiger partial charge in [-0.25, -0.2) is 13.2 Å². The number of benzene rings is 2.